The van der Waals surface area contributed by atoms with Crippen LogP contribution in [-0.4, -0.2) is 84.8 Å². The molecule has 2 N–H and O–H groups in total. The van der Waals surface area contributed by atoms with Crippen molar-refractivity contribution in [2.24, 2.45) is 18.0 Å². The molecule has 1 saturated carbocycles. The highest BCUT2D eigenvalue weighted by atomic mass is 127. The Morgan fingerprint density at radius 3 is 2.57 bits per heavy atom. The van der Waals surface area contributed by atoms with Crippen LogP contribution in [0.3, 0.4) is 0 Å². The monoisotopic (exact) mass is 535 g/mol. The maximum atomic E-state index is 5.72. The number of aliphatic imine (C=N–C) groups is 1. The number of rotatable bonds is 12. The largest absolute Gasteiger partial charge is 0.381 e. The minimum atomic E-state index is 0. The van der Waals surface area contributed by atoms with E-state index in [1.165, 1.54) is 12.8 Å². The number of guanidine groups is 1. The van der Waals surface area contributed by atoms with Crippen LogP contribution in [0.5, 0.6) is 0 Å². The highest BCUT2D eigenvalue weighted by molar-refractivity contribution is 14.0. The molecule has 172 valence electrons. The van der Waals surface area contributed by atoms with Crippen LogP contribution in [0.4, 0.5) is 0 Å². The quantitative estimate of drug-likeness (QED) is 0.181. The van der Waals surface area contributed by atoms with Gasteiger partial charge in [-0.1, -0.05) is 0 Å². The van der Waals surface area contributed by atoms with Gasteiger partial charge in [-0.05, 0) is 45.1 Å². The number of nitrogens with zero attached hydrogens (tertiary/aromatic N) is 5. The first kappa shape index (κ1) is 25.3. The zero-order chi connectivity index (χ0) is 20.3. The summed E-state index contributed by atoms with van der Waals surface area (Å²) in [6, 6.07) is 0. The summed E-state index contributed by atoms with van der Waals surface area (Å²) < 4.78 is 13.1. The van der Waals surface area contributed by atoms with Crippen molar-refractivity contribution in [3.05, 3.63) is 11.6 Å². The lowest BCUT2D eigenvalue weighted by atomic mass is 10.3. The lowest BCUT2D eigenvalue weighted by Crippen LogP contribution is -2.41. The SMILES string of the molecule is Cc1nnc(CN=C(NCCCOCC2CC2)NCCCN2CCOCC2)n1C.I. The Morgan fingerprint density at radius 1 is 1.17 bits per heavy atom. The second kappa shape index (κ2) is 14.2. The zero-order valence-electron chi connectivity index (χ0n) is 18.4. The maximum Gasteiger partial charge on any atom is 0.191 e. The molecule has 9 nitrogen and oxygen atoms in total. The summed E-state index contributed by atoms with van der Waals surface area (Å²) >= 11 is 0. The molecule has 1 aromatic rings. The van der Waals surface area contributed by atoms with Crippen molar-refractivity contribution >= 4 is 29.9 Å². The van der Waals surface area contributed by atoms with E-state index in [2.05, 4.69) is 25.7 Å². The summed E-state index contributed by atoms with van der Waals surface area (Å²) in [4.78, 5) is 7.16. The van der Waals surface area contributed by atoms with E-state index in [9.17, 15) is 0 Å². The Hall–Kier alpha value is -0.980. The van der Waals surface area contributed by atoms with Crippen molar-refractivity contribution in [3.8, 4) is 0 Å². The van der Waals surface area contributed by atoms with E-state index >= 15 is 0 Å². The Labute approximate surface area is 197 Å². The van der Waals surface area contributed by atoms with Crippen LogP contribution in [0, 0.1) is 12.8 Å². The van der Waals surface area contributed by atoms with Gasteiger partial charge in [0.1, 0.15) is 12.4 Å². The smallest absolute Gasteiger partial charge is 0.191 e. The number of nitrogens with one attached hydrogen (secondary N) is 2. The van der Waals surface area contributed by atoms with Gasteiger partial charge in [0.05, 0.1) is 13.2 Å². The van der Waals surface area contributed by atoms with Crippen LogP contribution in [0.15, 0.2) is 4.99 Å². The van der Waals surface area contributed by atoms with Gasteiger partial charge >= 0.3 is 0 Å². The van der Waals surface area contributed by atoms with E-state index in [-0.39, 0.29) is 24.0 Å². The molecule has 1 saturated heterocycles. The van der Waals surface area contributed by atoms with E-state index in [0.29, 0.717) is 6.54 Å². The van der Waals surface area contributed by atoms with Crippen LogP contribution < -0.4 is 10.6 Å². The van der Waals surface area contributed by atoms with Gasteiger partial charge in [0.15, 0.2) is 11.8 Å². The van der Waals surface area contributed by atoms with Crippen molar-refractivity contribution < 1.29 is 9.47 Å². The third-order valence-electron chi connectivity index (χ3n) is 5.42. The van der Waals surface area contributed by atoms with E-state index in [1.807, 2.05) is 18.5 Å². The van der Waals surface area contributed by atoms with Crippen LogP contribution in [-0.2, 0) is 23.1 Å². The van der Waals surface area contributed by atoms with Gasteiger partial charge in [0.2, 0.25) is 0 Å². The van der Waals surface area contributed by atoms with Gasteiger partial charge in [-0.15, -0.1) is 34.2 Å². The lowest BCUT2D eigenvalue weighted by Gasteiger charge is -2.26. The average Bonchev–Trinajstić information content (AvgIpc) is 3.51. The van der Waals surface area contributed by atoms with Gasteiger partial charge in [0.25, 0.3) is 0 Å². The third kappa shape index (κ3) is 9.44. The fraction of sp³-hybridized carbons (Fsp3) is 0.850. The number of morpholine rings is 1. The molecule has 3 rings (SSSR count). The normalized spacial score (nSPS) is 17.6. The first-order chi connectivity index (χ1) is 14.2. The van der Waals surface area contributed by atoms with Crippen molar-refractivity contribution in [1.82, 2.24) is 30.3 Å². The maximum absolute atomic E-state index is 5.72. The fourth-order valence-electron chi connectivity index (χ4n) is 3.16. The molecule has 10 heteroatoms. The molecular formula is C20H38IN7O2. The number of halogens is 1. The highest BCUT2D eigenvalue weighted by Gasteiger charge is 2.20. The Balaban J connectivity index is 0.00000320. The van der Waals surface area contributed by atoms with Gasteiger partial charge in [-0.2, -0.15) is 0 Å². The molecule has 2 aliphatic rings. The second-order valence-corrected chi connectivity index (χ2v) is 7.92. The first-order valence-electron chi connectivity index (χ1n) is 11.0. The first-order valence-corrected chi connectivity index (χ1v) is 11.0. The van der Waals surface area contributed by atoms with Gasteiger partial charge in [-0.3, -0.25) is 4.90 Å². The number of ether oxygens (including phenoxy) is 2. The minimum absolute atomic E-state index is 0. The minimum Gasteiger partial charge on any atom is -0.381 e. The molecule has 30 heavy (non-hydrogen) atoms. The van der Waals surface area contributed by atoms with Crippen LogP contribution in [0.25, 0.3) is 0 Å². The molecule has 0 amide bonds. The van der Waals surface area contributed by atoms with E-state index in [1.54, 1.807) is 0 Å². The van der Waals surface area contributed by atoms with E-state index in [4.69, 9.17) is 14.5 Å². The number of hydrogen-bond acceptors (Lipinski definition) is 6. The summed E-state index contributed by atoms with van der Waals surface area (Å²) in [5.74, 6) is 3.42. The summed E-state index contributed by atoms with van der Waals surface area (Å²) in [5, 5.41) is 15.2. The van der Waals surface area contributed by atoms with Crippen LogP contribution in [0.1, 0.15) is 37.3 Å². The molecule has 1 aromatic heterocycles. The van der Waals surface area contributed by atoms with Crippen molar-refractivity contribution in [2.45, 2.75) is 39.2 Å². The molecule has 1 aliphatic carbocycles. The third-order valence-corrected chi connectivity index (χ3v) is 5.42. The molecule has 2 fully saturated rings. The molecular weight excluding hydrogens is 497 g/mol. The van der Waals surface area contributed by atoms with E-state index < -0.39 is 0 Å². The van der Waals surface area contributed by atoms with Crippen molar-refractivity contribution in [1.29, 1.82) is 0 Å². The Bertz CT molecular complexity index is 631. The molecule has 0 bridgehead atoms. The number of aromatic nitrogens is 3. The summed E-state index contributed by atoms with van der Waals surface area (Å²) in [6.07, 6.45) is 4.73. The lowest BCUT2D eigenvalue weighted by molar-refractivity contribution is 0.0376. The predicted molar refractivity (Wildman–Crippen MR) is 128 cm³/mol. The predicted octanol–water partition coefficient (Wildman–Crippen LogP) is 1.32. The number of aryl methyl sites for hydroxylation is 1. The highest BCUT2D eigenvalue weighted by Crippen LogP contribution is 2.28. The van der Waals surface area contributed by atoms with Gasteiger partial charge in [0, 0.05) is 46.4 Å². The molecule has 0 aromatic carbocycles. The number of hydrogen-bond donors (Lipinski definition) is 2. The standard InChI is InChI=1S/C20H37N7O2.HI/c1-17-24-25-19(26(17)2)15-23-20(22-8-4-12-29-16-18-5-6-18)21-7-3-9-27-10-13-28-14-11-27;/h18H,3-16H2,1-2H3,(H2,21,22,23);1H. The summed E-state index contributed by atoms with van der Waals surface area (Å²) in [5.41, 5.74) is 0. The zero-order valence-corrected chi connectivity index (χ0v) is 20.8. The van der Waals surface area contributed by atoms with Crippen LogP contribution in [0.2, 0.25) is 0 Å². The van der Waals surface area contributed by atoms with Gasteiger partial charge in [-0.25, -0.2) is 4.99 Å². The van der Waals surface area contributed by atoms with Gasteiger partial charge < -0.3 is 24.7 Å². The molecule has 2 heterocycles. The Kier molecular flexibility index (Phi) is 11.9. The van der Waals surface area contributed by atoms with Crippen molar-refractivity contribution in [2.75, 3.05) is 59.2 Å². The van der Waals surface area contributed by atoms with E-state index in [0.717, 1.165) is 95.5 Å². The summed E-state index contributed by atoms with van der Waals surface area (Å²) in [7, 11) is 1.97. The molecule has 0 atom stereocenters. The topological polar surface area (TPSA) is 88.8 Å². The molecule has 0 radical (unpaired) electrons. The Morgan fingerprint density at radius 2 is 1.90 bits per heavy atom. The van der Waals surface area contributed by atoms with Crippen molar-refractivity contribution in [3.63, 3.8) is 0 Å². The summed E-state index contributed by atoms with van der Waals surface area (Å²) in [6.45, 7) is 10.8. The van der Waals surface area contributed by atoms with Crippen LogP contribution >= 0.6 is 24.0 Å². The second-order valence-electron chi connectivity index (χ2n) is 7.92. The molecule has 0 spiro atoms. The molecule has 0 unspecified atom stereocenters. The molecule has 1 aliphatic heterocycles. The fourth-order valence-corrected chi connectivity index (χ4v) is 3.16. The average molecular weight is 535 g/mol.